The molecule has 1 saturated heterocycles. The number of benzene rings is 2. The van der Waals surface area contributed by atoms with E-state index in [1.54, 1.807) is 13.2 Å². The number of fused-ring (bicyclic) bond motifs is 1. The van der Waals surface area contributed by atoms with E-state index in [1.165, 1.54) is 5.56 Å². The zero-order valence-corrected chi connectivity index (χ0v) is 15.2. The monoisotopic (exact) mass is 349 g/mol. The van der Waals surface area contributed by atoms with Crippen molar-refractivity contribution < 1.29 is 9.15 Å². The van der Waals surface area contributed by atoms with Gasteiger partial charge in [-0.05, 0) is 61.2 Å². The van der Waals surface area contributed by atoms with Crippen molar-refractivity contribution in [3.05, 3.63) is 75.6 Å². The molecule has 0 unspecified atom stereocenters. The molecule has 1 aliphatic rings. The summed E-state index contributed by atoms with van der Waals surface area (Å²) in [6.07, 6.45) is 2.29. The molecule has 2 heterocycles. The Bertz CT molecular complexity index is 975. The molecule has 1 aliphatic heterocycles. The van der Waals surface area contributed by atoms with Crippen molar-refractivity contribution >= 4 is 11.0 Å². The van der Waals surface area contributed by atoms with Gasteiger partial charge in [0.15, 0.2) is 0 Å². The van der Waals surface area contributed by atoms with E-state index in [2.05, 4.69) is 29.2 Å². The Balaban J connectivity index is 1.65. The highest BCUT2D eigenvalue weighted by Gasteiger charge is 2.26. The predicted octanol–water partition coefficient (Wildman–Crippen LogP) is 4.45. The fourth-order valence-electron chi connectivity index (χ4n) is 3.91. The fourth-order valence-corrected chi connectivity index (χ4v) is 3.91. The van der Waals surface area contributed by atoms with Crippen LogP contribution in [0.25, 0.3) is 11.0 Å². The number of hydrogen-bond donors (Lipinski definition) is 0. The Labute approximate surface area is 153 Å². The first-order valence-corrected chi connectivity index (χ1v) is 9.05. The lowest BCUT2D eigenvalue weighted by Gasteiger charge is -2.25. The van der Waals surface area contributed by atoms with E-state index in [0.717, 1.165) is 48.2 Å². The summed E-state index contributed by atoms with van der Waals surface area (Å²) in [5, 5.41) is 1.02. The summed E-state index contributed by atoms with van der Waals surface area (Å²) in [4.78, 5) is 14.5. The van der Waals surface area contributed by atoms with Crippen molar-refractivity contribution in [1.29, 1.82) is 0 Å². The Morgan fingerprint density at radius 1 is 1.15 bits per heavy atom. The average Bonchev–Trinajstić information content (AvgIpc) is 3.09. The van der Waals surface area contributed by atoms with Crippen LogP contribution < -0.4 is 10.4 Å². The molecule has 134 valence electrons. The molecule has 1 aromatic heterocycles. The van der Waals surface area contributed by atoms with Crippen LogP contribution in [0.15, 0.2) is 57.7 Å². The zero-order valence-electron chi connectivity index (χ0n) is 15.2. The van der Waals surface area contributed by atoms with Crippen LogP contribution in [0.4, 0.5) is 0 Å². The van der Waals surface area contributed by atoms with E-state index < -0.39 is 0 Å². The summed E-state index contributed by atoms with van der Waals surface area (Å²) in [5.74, 6) is 0.875. The quantitative estimate of drug-likeness (QED) is 0.653. The SMILES string of the molecule is COc1ccc([C@H]2CCCN2Cc2cc(=O)oc3cc(C)ccc23)cc1. The normalized spacial score (nSPS) is 17.7. The van der Waals surface area contributed by atoms with E-state index in [9.17, 15) is 4.79 Å². The van der Waals surface area contributed by atoms with Crippen molar-refractivity contribution in [3.63, 3.8) is 0 Å². The van der Waals surface area contributed by atoms with Gasteiger partial charge in [-0.15, -0.1) is 0 Å². The van der Waals surface area contributed by atoms with E-state index >= 15 is 0 Å². The van der Waals surface area contributed by atoms with Crippen LogP contribution in [0.3, 0.4) is 0 Å². The molecule has 0 bridgehead atoms. The van der Waals surface area contributed by atoms with Gasteiger partial charge in [0.1, 0.15) is 11.3 Å². The molecule has 3 aromatic rings. The molecular weight excluding hydrogens is 326 g/mol. The number of ether oxygens (including phenoxy) is 1. The summed E-state index contributed by atoms with van der Waals surface area (Å²) in [6, 6.07) is 16.4. The molecule has 0 N–H and O–H groups in total. The predicted molar refractivity (Wildman–Crippen MR) is 103 cm³/mol. The second-order valence-electron chi connectivity index (χ2n) is 6.99. The molecule has 0 spiro atoms. The molecule has 1 fully saturated rings. The van der Waals surface area contributed by atoms with E-state index in [4.69, 9.17) is 9.15 Å². The van der Waals surface area contributed by atoms with Crippen LogP contribution in [0.5, 0.6) is 5.75 Å². The third-order valence-corrected chi connectivity index (χ3v) is 5.22. The summed E-state index contributed by atoms with van der Waals surface area (Å²) in [5.41, 5.74) is 3.82. The van der Waals surface area contributed by atoms with Gasteiger partial charge in [-0.3, -0.25) is 4.90 Å². The van der Waals surface area contributed by atoms with E-state index in [-0.39, 0.29) is 5.63 Å². The van der Waals surface area contributed by atoms with Crippen molar-refractivity contribution in [2.45, 2.75) is 32.4 Å². The fraction of sp³-hybridized carbons (Fsp3) is 0.318. The van der Waals surface area contributed by atoms with Crippen molar-refractivity contribution in [2.24, 2.45) is 0 Å². The Morgan fingerprint density at radius 2 is 1.96 bits per heavy atom. The molecule has 4 heteroatoms. The number of aryl methyl sites for hydroxylation is 1. The lowest BCUT2D eigenvalue weighted by molar-refractivity contribution is 0.249. The zero-order chi connectivity index (χ0) is 18.1. The van der Waals surface area contributed by atoms with Gasteiger partial charge in [0.05, 0.1) is 7.11 Å². The lowest BCUT2D eigenvalue weighted by Crippen LogP contribution is -2.23. The van der Waals surface area contributed by atoms with Crippen LogP contribution in [0, 0.1) is 6.92 Å². The number of rotatable bonds is 4. The first-order valence-electron chi connectivity index (χ1n) is 9.05. The van der Waals surface area contributed by atoms with Gasteiger partial charge < -0.3 is 9.15 Å². The number of hydrogen-bond acceptors (Lipinski definition) is 4. The van der Waals surface area contributed by atoms with Crippen LogP contribution >= 0.6 is 0 Å². The van der Waals surface area contributed by atoms with Crippen LogP contribution in [-0.2, 0) is 6.54 Å². The minimum Gasteiger partial charge on any atom is -0.497 e. The number of nitrogens with zero attached hydrogens (tertiary/aromatic N) is 1. The lowest BCUT2D eigenvalue weighted by atomic mass is 10.0. The number of methoxy groups -OCH3 is 1. The smallest absolute Gasteiger partial charge is 0.336 e. The summed E-state index contributed by atoms with van der Waals surface area (Å²) >= 11 is 0. The van der Waals surface area contributed by atoms with Gasteiger partial charge in [0.2, 0.25) is 0 Å². The first kappa shape index (κ1) is 16.9. The molecule has 4 nitrogen and oxygen atoms in total. The minimum atomic E-state index is -0.279. The summed E-state index contributed by atoms with van der Waals surface area (Å²) < 4.78 is 10.7. The number of likely N-dealkylation sites (tertiary alicyclic amines) is 1. The maximum absolute atomic E-state index is 12.0. The molecular formula is C22H23NO3. The van der Waals surface area contributed by atoms with Crippen LogP contribution in [0.2, 0.25) is 0 Å². The average molecular weight is 349 g/mol. The van der Waals surface area contributed by atoms with E-state index in [1.807, 2.05) is 25.1 Å². The van der Waals surface area contributed by atoms with Gasteiger partial charge in [0, 0.05) is 24.0 Å². The van der Waals surface area contributed by atoms with Gasteiger partial charge in [0.25, 0.3) is 0 Å². The van der Waals surface area contributed by atoms with Crippen molar-refractivity contribution in [1.82, 2.24) is 4.90 Å². The van der Waals surface area contributed by atoms with Gasteiger partial charge in [-0.2, -0.15) is 0 Å². The molecule has 0 radical (unpaired) electrons. The molecule has 2 aromatic carbocycles. The first-order chi connectivity index (χ1) is 12.6. The van der Waals surface area contributed by atoms with E-state index in [0.29, 0.717) is 11.6 Å². The summed E-state index contributed by atoms with van der Waals surface area (Å²) in [7, 11) is 1.69. The minimum absolute atomic E-state index is 0.279. The molecule has 0 aliphatic carbocycles. The van der Waals surface area contributed by atoms with Gasteiger partial charge >= 0.3 is 5.63 Å². The largest absolute Gasteiger partial charge is 0.497 e. The summed E-state index contributed by atoms with van der Waals surface area (Å²) in [6.45, 7) is 3.79. The Kier molecular flexibility index (Phi) is 4.51. The molecule has 0 amide bonds. The Morgan fingerprint density at radius 3 is 2.73 bits per heavy atom. The van der Waals surface area contributed by atoms with Crippen LogP contribution in [-0.4, -0.2) is 18.6 Å². The maximum Gasteiger partial charge on any atom is 0.336 e. The molecule has 0 saturated carbocycles. The van der Waals surface area contributed by atoms with Gasteiger partial charge in [-0.25, -0.2) is 4.79 Å². The van der Waals surface area contributed by atoms with Crippen molar-refractivity contribution in [2.75, 3.05) is 13.7 Å². The third kappa shape index (κ3) is 3.25. The topological polar surface area (TPSA) is 42.7 Å². The van der Waals surface area contributed by atoms with Crippen LogP contribution in [0.1, 0.15) is 35.6 Å². The highest BCUT2D eigenvalue weighted by molar-refractivity contribution is 5.80. The molecule has 26 heavy (non-hydrogen) atoms. The maximum atomic E-state index is 12.0. The standard InChI is InChI=1S/C22H23NO3/c1-15-5-10-19-17(13-22(24)26-21(19)12-15)14-23-11-3-4-20(23)16-6-8-18(25-2)9-7-16/h5-10,12-13,20H,3-4,11,14H2,1-2H3/t20-/m1/s1. The highest BCUT2D eigenvalue weighted by atomic mass is 16.5. The van der Waals surface area contributed by atoms with Crippen molar-refractivity contribution in [3.8, 4) is 5.75 Å². The second kappa shape index (κ2) is 6.96. The second-order valence-corrected chi connectivity index (χ2v) is 6.99. The molecule has 4 rings (SSSR count). The highest BCUT2D eigenvalue weighted by Crippen LogP contribution is 2.34. The van der Waals surface area contributed by atoms with Gasteiger partial charge in [-0.1, -0.05) is 24.3 Å². The Hall–Kier alpha value is -2.59. The molecule has 1 atom stereocenters. The third-order valence-electron chi connectivity index (χ3n) is 5.22.